The van der Waals surface area contributed by atoms with Gasteiger partial charge in [0.2, 0.25) is 0 Å². The first kappa shape index (κ1) is 11.8. The average molecular weight is 283 g/mol. The summed E-state index contributed by atoms with van der Waals surface area (Å²) >= 11 is 3.66. The highest BCUT2D eigenvalue weighted by Crippen LogP contribution is 2.56. The molecule has 2 aliphatic carbocycles. The second-order valence-electron chi connectivity index (χ2n) is 4.71. The molecule has 0 saturated heterocycles. The molecule has 0 heterocycles. The Hall–Kier alpha value is 0.300. The van der Waals surface area contributed by atoms with Crippen molar-refractivity contribution in [2.45, 2.75) is 55.9 Å². The van der Waals surface area contributed by atoms with E-state index in [-0.39, 0.29) is 11.5 Å². The maximum atomic E-state index is 12.1. The Balaban J connectivity index is 1.90. The zero-order chi connectivity index (χ0) is 10.9. The lowest BCUT2D eigenvalue weighted by atomic mass is 9.58. The van der Waals surface area contributed by atoms with Gasteiger partial charge in [-0.3, -0.25) is 0 Å². The molecular formula is C11H17BrF2O. The standard InChI is InChI=1S/C11H17BrF2O/c12-8-6-9(15-7-10(13)14)11(8)4-2-1-3-5-11/h8-10H,1-7H2. The van der Waals surface area contributed by atoms with E-state index in [2.05, 4.69) is 15.9 Å². The Morgan fingerprint density at radius 3 is 2.47 bits per heavy atom. The topological polar surface area (TPSA) is 9.23 Å². The summed E-state index contributed by atoms with van der Waals surface area (Å²) in [5, 5.41) is 0. The maximum absolute atomic E-state index is 12.1. The summed E-state index contributed by atoms with van der Waals surface area (Å²) in [6.07, 6.45) is 4.62. The van der Waals surface area contributed by atoms with Crippen LogP contribution in [0.25, 0.3) is 0 Å². The molecule has 0 aliphatic heterocycles. The van der Waals surface area contributed by atoms with Crippen LogP contribution in [-0.2, 0) is 4.74 Å². The second kappa shape index (κ2) is 4.66. The predicted molar refractivity (Wildman–Crippen MR) is 58.6 cm³/mol. The molecule has 0 bridgehead atoms. The number of hydrogen-bond acceptors (Lipinski definition) is 1. The predicted octanol–water partition coefficient (Wildman–Crippen LogP) is 3.75. The number of hydrogen-bond donors (Lipinski definition) is 0. The Morgan fingerprint density at radius 1 is 1.27 bits per heavy atom. The molecule has 2 aliphatic rings. The lowest BCUT2D eigenvalue weighted by Gasteiger charge is -2.55. The molecule has 0 radical (unpaired) electrons. The van der Waals surface area contributed by atoms with E-state index in [1.165, 1.54) is 19.3 Å². The minimum Gasteiger partial charge on any atom is -0.372 e. The number of rotatable bonds is 3. The first-order valence-corrected chi connectivity index (χ1v) is 6.60. The Bertz CT molecular complexity index is 217. The molecule has 1 spiro atoms. The summed E-state index contributed by atoms with van der Waals surface area (Å²) < 4.78 is 29.5. The van der Waals surface area contributed by atoms with Crippen LogP contribution < -0.4 is 0 Å². The molecule has 2 atom stereocenters. The van der Waals surface area contributed by atoms with Gasteiger partial charge in [0.1, 0.15) is 6.61 Å². The van der Waals surface area contributed by atoms with Crippen LogP contribution in [0.1, 0.15) is 38.5 Å². The van der Waals surface area contributed by atoms with E-state index in [9.17, 15) is 8.78 Å². The molecule has 4 heteroatoms. The van der Waals surface area contributed by atoms with Crippen molar-refractivity contribution in [2.75, 3.05) is 6.61 Å². The molecule has 0 aromatic carbocycles. The van der Waals surface area contributed by atoms with Gasteiger partial charge in [-0.15, -0.1) is 0 Å². The summed E-state index contributed by atoms with van der Waals surface area (Å²) in [6, 6.07) is 0. The van der Waals surface area contributed by atoms with Gasteiger partial charge in [0.25, 0.3) is 6.43 Å². The van der Waals surface area contributed by atoms with E-state index in [0.29, 0.717) is 4.83 Å². The third kappa shape index (κ3) is 2.21. The molecule has 0 aromatic heterocycles. The van der Waals surface area contributed by atoms with Crippen LogP contribution >= 0.6 is 15.9 Å². The highest BCUT2D eigenvalue weighted by molar-refractivity contribution is 9.09. The first-order valence-electron chi connectivity index (χ1n) is 5.69. The lowest BCUT2D eigenvalue weighted by molar-refractivity contribution is -0.141. The fourth-order valence-electron chi connectivity index (χ4n) is 2.97. The number of alkyl halides is 3. The van der Waals surface area contributed by atoms with Gasteiger partial charge in [0.05, 0.1) is 6.10 Å². The van der Waals surface area contributed by atoms with Crippen LogP contribution in [0, 0.1) is 5.41 Å². The molecule has 2 rings (SSSR count). The van der Waals surface area contributed by atoms with Crippen molar-refractivity contribution < 1.29 is 13.5 Å². The van der Waals surface area contributed by atoms with Crippen molar-refractivity contribution in [3.63, 3.8) is 0 Å². The third-order valence-corrected chi connectivity index (χ3v) is 5.18. The van der Waals surface area contributed by atoms with Gasteiger partial charge in [-0.25, -0.2) is 8.78 Å². The van der Waals surface area contributed by atoms with Gasteiger partial charge in [0.15, 0.2) is 0 Å². The van der Waals surface area contributed by atoms with Gasteiger partial charge < -0.3 is 4.74 Å². The molecule has 0 N–H and O–H groups in total. The largest absolute Gasteiger partial charge is 0.372 e. The Kier molecular flexibility index (Phi) is 3.66. The Labute approximate surface area is 97.7 Å². The van der Waals surface area contributed by atoms with Crippen molar-refractivity contribution in [1.29, 1.82) is 0 Å². The Morgan fingerprint density at radius 2 is 1.93 bits per heavy atom. The average Bonchev–Trinajstić information content (AvgIpc) is 2.25. The highest BCUT2D eigenvalue weighted by atomic mass is 79.9. The summed E-state index contributed by atoms with van der Waals surface area (Å²) in [5.74, 6) is 0. The van der Waals surface area contributed by atoms with E-state index in [0.717, 1.165) is 19.3 Å². The number of ether oxygens (including phenoxy) is 1. The lowest BCUT2D eigenvalue weighted by Crippen LogP contribution is -2.56. The van der Waals surface area contributed by atoms with Gasteiger partial charge in [-0.05, 0) is 19.3 Å². The fraction of sp³-hybridized carbons (Fsp3) is 1.00. The molecule has 88 valence electrons. The van der Waals surface area contributed by atoms with E-state index >= 15 is 0 Å². The zero-order valence-electron chi connectivity index (χ0n) is 8.72. The molecule has 2 saturated carbocycles. The molecule has 2 unspecified atom stereocenters. The van der Waals surface area contributed by atoms with Gasteiger partial charge >= 0.3 is 0 Å². The minimum atomic E-state index is -2.33. The van der Waals surface area contributed by atoms with Crippen LogP contribution in [0.4, 0.5) is 8.78 Å². The maximum Gasteiger partial charge on any atom is 0.261 e. The van der Waals surface area contributed by atoms with Crippen LogP contribution in [-0.4, -0.2) is 24.0 Å². The molecule has 0 aromatic rings. The summed E-state index contributed by atoms with van der Waals surface area (Å²) in [6.45, 7) is -0.397. The summed E-state index contributed by atoms with van der Waals surface area (Å²) in [7, 11) is 0. The molecule has 15 heavy (non-hydrogen) atoms. The summed E-state index contributed by atoms with van der Waals surface area (Å²) in [5.41, 5.74) is 0.174. The van der Waals surface area contributed by atoms with E-state index in [4.69, 9.17) is 4.74 Å². The van der Waals surface area contributed by atoms with Crippen LogP contribution in [0.15, 0.2) is 0 Å². The second-order valence-corrected chi connectivity index (χ2v) is 5.82. The van der Waals surface area contributed by atoms with Crippen LogP contribution in [0.2, 0.25) is 0 Å². The normalized spacial score (nSPS) is 34.4. The smallest absolute Gasteiger partial charge is 0.261 e. The van der Waals surface area contributed by atoms with E-state index in [1.54, 1.807) is 0 Å². The first-order chi connectivity index (χ1) is 7.15. The van der Waals surface area contributed by atoms with E-state index in [1.807, 2.05) is 0 Å². The minimum absolute atomic E-state index is 0.0659. The van der Waals surface area contributed by atoms with Crippen LogP contribution in [0.5, 0.6) is 0 Å². The van der Waals surface area contributed by atoms with Gasteiger partial charge in [0, 0.05) is 10.2 Å². The molecule has 1 nitrogen and oxygen atoms in total. The quantitative estimate of drug-likeness (QED) is 0.717. The van der Waals surface area contributed by atoms with Crippen molar-refractivity contribution in [2.24, 2.45) is 5.41 Å². The zero-order valence-corrected chi connectivity index (χ0v) is 10.3. The monoisotopic (exact) mass is 282 g/mol. The van der Waals surface area contributed by atoms with Crippen molar-refractivity contribution in [3.05, 3.63) is 0 Å². The van der Waals surface area contributed by atoms with Crippen LogP contribution in [0.3, 0.4) is 0 Å². The number of halogens is 3. The summed E-state index contributed by atoms with van der Waals surface area (Å²) in [4.78, 5) is 0.480. The van der Waals surface area contributed by atoms with Gasteiger partial charge in [-0.2, -0.15) is 0 Å². The van der Waals surface area contributed by atoms with Crippen molar-refractivity contribution in [1.82, 2.24) is 0 Å². The molecular weight excluding hydrogens is 266 g/mol. The van der Waals surface area contributed by atoms with Gasteiger partial charge in [-0.1, -0.05) is 35.2 Å². The van der Waals surface area contributed by atoms with E-state index < -0.39 is 13.0 Å². The molecule has 0 amide bonds. The highest BCUT2D eigenvalue weighted by Gasteiger charge is 2.54. The van der Waals surface area contributed by atoms with Crippen molar-refractivity contribution in [3.8, 4) is 0 Å². The molecule has 2 fully saturated rings. The fourth-order valence-corrected chi connectivity index (χ4v) is 4.06. The SMILES string of the molecule is FC(F)COC1CC(Br)C12CCCCC2. The third-order valence-electron chi connectivity index (χ3n) is 3.89. The van der Waals surface area contributed by atoms with Crippen molar-refractivity contribution >= 4 is 15.9 Å².